The monoisotopic (exact) mass is 716 g/mol. The molecule has 0 aliphatic heterocycles. The van der Waals surface area contributed by atoms with E-state index in [4.69, 9.17) is 14.4 Å². The lowest BCUT2D eigenvalue weighted by Gasteiger charge is -2.24. The van der Waals surface area contributed by atoms with Crippen LogP contribution in [-0.2, 0) is 5.41 Å². The molecule has 2 heterocycles. The zero-order chi connectivity index (χ0) is 37.4. The van der Waals surface area contributed by atoms with Crippen LogP contribution in [0.5, 0.6) is 0 Å². The van der Waals surface area contributed by atoms with Crippen molar-refractivity contribution in [3.63, 3.8) is 0 Å². The number of rotatable bonds is 5. The number of benzene rings is 8. The third kappa shape index (κ3) is 5.05. The van der Waals surface area contributed by atoms with Gasteiger partial charge in [0.05, 0.1) is 11.4 Å². The number of para-hydroxylation sites is 1. The van der Waals surface area contributed by atoms with Crippen molar-refractivity contribution in [2.45, 2.75) is 19.3 Å². The van der Waals surface area contributed by atoms with Crippen molar-refractivity contribution in [3.8, 4) is 67.3 Å². The first-order chi connectivity index (χ1) is 27.5. The van der Waals surface area contributed by atoms with E-state index in [1.807, 2.05) is 12.1 Å². The molecule has 3 heteroatoms. The second-order valence-electron chi connectivity index (χ2n) is 15.3. The largest absolute Gasteiger partial charge is 0.455 e. The van der Waals surface area contributed by atoms with Gasteiger partial charge in [-0.15, -0.1) is 0 Å². The molecular weight excluding hydrogens is 681 g/mol. The van der Waals surface area contributed by atoms with Gasteiger partial charge in [0.25, 0.3) is 0 Å². The average Bonchev–Trinajstić information content (AvgIpc) is 3.77. The molecule has 0 unspecified atom stereocenters. The number of hydrogen-bond donors (Lipinski definition) is 0. The third-order valence-corrected chi connectivity index (χ3v) is 11.6. The predicted octanol–water partition coefficient (Wildman–Crippen LogP) is 14.2. The van der Waals surface area contributed by atoms with Gasteiger partial charge in [0.2, 0.25) is 0 Å². The molecule has 0 saturated heterocycles. The summed E-state index contributed by atoms with van der Waals surface area (Å²) < 4.78 is 6.64. The van der Waals surface area contributed by atoms with Crippen molar-refractivity contribution >= 4 is 32.7 Å². The van der Waals surface area contributed by atoms with Crippen molar-refractivity contribution < 1.29 is 4.42 Å². The van der Waals surface area contributed by atoms with Gasteiger partial charge in [0.1, 0.15) is 11.2 Å². The summed E-state index contributed by atoms with van der Waals surface area (Å²) in [6, 6.07) is 64.7. The first-order valence-corrected chi connectivity index (χ1v) is 19.2. The SMILES string of the molecule is CC1(C)c2ccccc2-c2cccc(-c3cc(-c4cc(-c5ccccc5)cc(-c5cc6ccccc6c6oc7ccccc7c56)c4)nc(-c4ccccc4)n3)c21. The van der Waals surface area contributed by atoms with Gasteiger partial charge in [-0.2, -0.15) is 0 Å². The number of aromatic nitrogens is 2. The molecule has 0 bridgehead atoms. The molecule has 11 rings (SSSR count). The maximum Gasteiger partial charge on any atom is 0.160 e. The van der Waals surface area contributed by atoms with Crippen LogP contribution < -0.4 is 0 Å². The molecule has 0 N–H and O–H groups in total. The number of fused-ring (bicyclic) bond motifs is 8. The summed E-state index contributed by atoms with van der Waals surface area (Å²) in [5.74, 6) is 0.699. The van der Waals surface area contributed by atoms with Crippen LogP contribution in [0.1, 0.15) is 25.0 Å². The molecule has 1 aliphatic carbocycles. The number of nitrogens with zero attached hydrogens (tertiary/aromatic N) is 2. The Hall–Kier alpha value is -7.10. The Morgan fingerprint density at radius 3 is 1.89 bits per heavy atom. The first-order valence-electron chi connectivity index (χ1n) is 19.2. The minimum atomic E-state index is -0.199. The first kappa shape index (κ1) is 32.3. The summed E-state index contributed by atoms with van der Waals surface area (Å²) >= 11 is 0. The van der Waals surface area contributed by atoms with E-state index in [0.717, 1.165) is 83.0 Å². The second-order valence-corrected chi connectivity index (χ2v) is 15.3. The van der Waals surface area contributed by atoms with Crippen LogP contribution in [-0.4, -0.2) is 9.97 Å². The highest BCUT2D eigenvalue weighted by Gasteiger charge is 2.37. The van der Waals surface area contributed by atoms with E-state index in [1.165, 1.54) is 22.3 Å². The summed E-state index contributed by atoms with van der Waals surface area (Å²) in [7, 11) is 0. The minimum absolute atomic E-state index is 0.199. The average molecular weight is 717 g/mol. The molecule has 264 valence electrons. The zero-order valence-electron chi connectivity index (χ0n) is 31.1. The molecular formula is C53H36N2O. The normalized spacial score (nSPS) is 13.0. The molecule has 0 fully saturated rings. The highest BCUT2D eigenvalue weighted by atomic mass is 16.3. The predicted molar refractivity (Wildman–Crippen MR) is 232 cm³/mol. The minimum Gasteiger partial charge on any atom is -0.455 e. The number of hydrogen-bond acceptors (Lipinski definition) is 3. The van der Waals surface area contributed by atoms with Gasteiger partial charge in [-0.1, -0.05) is 159 Å². The molecule has 0 radical (unpaired) electrons. The Bertz CT molecular complexity index is 3160. The summed E-state index contributed by atoms with van der Waals surface area (Å²) in [4.78, 5) is 10.7. The summed E-state index contributed by atoms with van der Waals surface area (Å²) in [5, 5.41) is 4.46. The van der Waals surface area contributed by atoms with Crippen molar-refractivity contribution in [2.75, 3.05) is 0 Å². The lowest BCUT2D eigenvalue weighted by Crippen LogP contribution is -2.16. The van der Waals surface area contributed by atoms with E-state index in [-0.39, 0.29) is 5.41 Å². The van der Waals surface area contributed by atoms with Crippen molar-refractivity contribution in [2.24, 2.45) is 0 Å². The van der Waals surface area contributed by atoms with Crippen LogP contribution >= 0.6 is 0 Å². The van der Waals surface area contributed by atoms with Crippen LogP contribution in [0.2, 0.25) is 0 Å². The molecule has 2 aromatic heterocycles. The third-order valence-electron chi connectivity index (χ3n) is 11.6. The van der Waals surface area contributed by atoms with Gasteiger partial charge in [-0.3, -0.25) is 0 Å². The molecule has 0 spiro atoms. The Morgan fingerprint density at radius 1 is 0.429 bits per heavy atom. The summed E-state index contributed by atoms with van der Waals surface area (Å²) in [6.45, 7) is 4.67. The fraction of sp³-hybridized carbons (Fsp3) is 0.0566. The summed E-state index contributed by atoms with van der Waals surface area (Å²) in [6.07, 6.45) is 0. The van der Waals surface area contributed by atoms with E-state index in [1.54, 1.807) is 0 Å². The molecule has 56 heavy (non-hydrogen) atoms. The smallest absolute Gasteiger partial charge is 0.160 e. The van der Waals surface area contributed by atoms with Gasteiger partial charge in [0, 0.05) is 38.3 Å². The highest BCUT2D eigenvalue weighted by molar-refractivity contribution is 6.21. The molecule has 8 aromatic carbocycles. The second kappa shape index (κ2) is 12.5. The zero-order valence-corrected chi connectivity index (χ0v) is 31.1. The molecule has 3 nitrogen and oxygen atoms in total. The van der Waals surface area contributed by atoms with Gasteiger partial charge in [-0.25, -0.2) is 9.97 Å². The van der Waals surface area contributed by atoms with Gasteiger partial charge in [-0.05, 0) is 86.3 Å². The standard InChI is InChI=1S/C53H36N2O/c1-53(2)45-26-13-11-22-40(45)41-24-15-25-42(50(41)53)47-32-46(54-52(55-47)34-18-7-4-8-19-34)38-29-36(33-16-5-3-6-17-33)28-37(30-38)44-31-35-20-9-10-21-39(35)51-49(44)43-23-12-14-27-48(43)56-51/h3-32H,1-2H3. The fourth-order valence-electron chi connectivity index (χ4n) is 9.03. The molecule has 0 atom stereocenters. The Balaban J connectivity index is 1.19. The Kier molecular flexibility index (Phi) is 7.20. The quantitative estimate of drug-likeness (QED) is 0.178. The van der Waals surface area contributed by atoms with Crippen molar-refractivity contribution in [1.82, 2.24) is 9.97 Å². The van der Waals surface area contributed by atoms with Crippen LogP contribution in [0.3, 0.4) is 0 Å². The highest BCUT2D eigenvalue weighted by Crippen LogP contribution is 2.52. The molecule has 0 saturated carbocycles. The topological polar surface area (TPSA) is 38.9 Å². The van der Waals surface area contributed by atoms with Gasteiger partial charge < -0.3 is 4.42 Å². The van der Waals surface area contributed by atoms with Gasteiger partial charge in [0.15, 0.2) is 5.82 Å². The van der Waals surface area contributed by atoms with E-state index >= 15 is 0 Å². The Labute approximate surface area is 325 Å². The molecule has 0 amide bonds. The maximum absolute atomic E-state index is 6.64. The van der Waals surface area contributed by atoms with Crippen molar-refractivity contribution in [3.05, 3.63) is 193 Å². The van der Waals surface area contributed by atoms with Crippen LogP contribution in [0.4, 0.5) is 0 Å². The number of furan rings is 1. The lowest BCUT2D eigenvalue weighted by molar-refractivity contribution is 0.662. The van der Waals surface area contributed by atoms with Crippen LogP contribution in [0.25, 0.3) is 100.0 Å². The van der Waals surface area contributed by atoms with E-state index < -0.39 is 0 Å². The van der Waals surface area contributed by atoms with Crippen LogP contribution in [0, 0.1) is 0 Å². The summed E-state index contributed by atoms with van der Waals surface area (Å²) in [5.41, 5.74) is 16.2. The molecule has 10 aromatic rings. The fourth-order valence-corrected chi connectivity index (χ4v) is 9.03. The van der Waals surface area contributed by atoms with E-state index in [9.17, 15) is 0 Å². The maximum atomic E-state index is 6.64. The van der Waals surface area contributed by atoms with E-state index in [2.05, 4.69) is 184 Å². The molecule has 1 aliphatic rings. The lowest BCUT2D eigenvalue weighted by atomic mass is 9.79. The Morgan fingerprint density at radius 2 is 1.05 bits per heavy atom. The van der Waals surface area contributed by atoms with Gasteiger partial charge >= 0.3 is 0 Å². The van der Waals surface area contributed by atoms with Crippen molar-refractivity contribution in [1.29, 1.82) is 0 Å². The van der Waals surface area contributed by atoms with E-state index in [0.29, 0.717) is 5.82 Å². The van der Waals surface area contributed by atoms with Crippen LogP contribution in [0.15, 0.2) is 186 Å².